The zero-order chi connectivity index (χ0) is 15.6. The van der Waals surface area contributed by atoms with Gasteiger partial charge >= 0.3 is 5.69 Å². The van der Waals surface area contributed by atoms with Crippen molar-refractivity contribution in [2.24, 2.45) is 0 Å². The molecule has 1 aromatic heterocycles. The fraction of sp³-hybridized carbons (Fsp3) is 0.556. The molecule has 112 valence electrons. The summed E-state index contributed by atoms with van der Waals surface area (Å²) in [6.45, 7) is 3.33. The second-order valence-electron chi connectivity index (χ2n) is 4.82. The summed E-state index contributed by atoms with van der Waals surface area (Å²) in [6.07, 6.45) is 2.11. The molecule has 4 N–H and O–H groups in total. The highest BCUT2D eigenvalue weighted by Crippen LogP contribution is 2.26. The summed E-state index contributed by atoms with van der Waals surface area (Å²) in [5.41, 5.74) is 4.12. The molecular weight excluding hydrogens is 288 g/mol. The van der Waals surface area contributed by atoms with Gasteiger partial charge in [0.15, 0.2) is 0 Å². The number of rotatable bonds is 6. The summed E-state index contributed by atoms with van der Waals surface area (Å²) in [7, 11) is -3.40. The van der Waals surface area contributed by atoms with Crippen LogP contribution in [-0.2, 0) is 10.0 Å². The van der Waals surface area contributed by atoms with Gasteiger partial charge in [-0.2, -0.15) is 0 Å². The fourth-order valence-corrected chi connectivity index (χ4v) is 2.62. The molecule has 0 saturated carbocycles. The Kier molecular flexibility index (Phi) is 4.45. The van der Waals surface area contributed by atoms with Crippen molar-refractivity contribution in [3.05, 3.63) is 16.4 Å². The van der Waals surface area contributed by atoms with Crippen LogP contribution in [0.25, 0.3) is 0 Å². The highest BCUT2D eigenvalue weighted by atomic mass is 32.2. The van der Waals surface area contributed by atoms with Crippen LogP contribution in [0.5, 0.6) is 0 Å². The first-order valence-corrected chi connectivity index (χ1v) is 7.39. The van der Waals surface area contributed by atoms with Crippen LogP contribution in [0.1, 0.15) is 13.8 Å². The van der Waals surface area contributed by atoms with Gasteiger partial charge in [0.1, 0.15) is 6.33 Å². The molecule has 0 unspecified atom stereocenters. The molecule has 0 amide bonds. The van der Waals surface area contributed by atoms with Crippen molar-refractivity contribution in [3.8, 4) is 0 Å². The van der Waals surface area contributed by atoms with Gasteiger partial charge in [0.2, 0.25) is 21.7 Å². The van der Waals surface area contributed by atoms with E-state index >= 15 is 0 Å². The topological polar surface area (TPSA) is 153 Å². The molecule has 0 aromatic carbocycles. The minimum Gasteiger partial charge on any atom is -0.378 e. The standard InChI is InChI=1S/C9H16N6O4S/c1-9(2,14-20(3,18)19)4-11-8-6(15(16)17)7(10)12-5-13-8/h5,14H,4H2,1-3H3,(H3,10,11,12,13). The van der Waals surface area contributed by atoms with Crippen LogP contribution >= 0.6 is 0 Å². The lowest BCUT2D eigenvalue weighted by Gasteiger charge is -2.25. The molecule has 20 heavy (non-hydrogen) atoms. The van der Waals surface area contributed by atoms with E-state index in [0.717, 1.165) is 12.6 Å². The number of nitrogen functional groups attached to an aromatic ring is 1. The van der Waals surface area contributed by atoms with E-state index in [4.69, 9.17) is 5.73 Å². The SMILES string of the molecule is CC(C)(CNc1ncnc(N)c1[N+](=O)[O-])NS(C)(=O)=O. The number of sulfonamides is 1. The molecule has 0 spiro atoms. The van der Waals surface area contributed by atoms with Crippen molar-refractivity contribution in [3.63, 3.8) is 0 Å². The van der Waals surface area contributed by atoms with Gasteiger partial charge in [0.05, 0.1) is 11.2 Å². The van der Waals surface area contributed by atoms with Gasteiger partial charge in [-0.05, 0) is 13.8 Å². The third kappa shape index (κ3) is 4.59. The van der Waals surface area contributed by atoms with Gasteiger partial charge in [-0.3, -0.25) is 10.1 Å². The normalized spacial score (nSPS) is 12.2. The maximum absolute atomic E-state index is 11.2. The smallest absolute Gasteiger partial charge is 0.352 e. The van der Waals surface area contributed by atoms with E-state index < -0.39 is 26.2 Å². The minimum absolute atomic E-state index is 0.0640. The van der Waals surface area contributed by atoms with Crippen LogP contribution in [-0.4, -0.2) is 41.6 Å². The van der Waals surface area contributed by atoms with Crippen LogP contribution in [0.4, 0.5) is 17.3 Å². The molecule has 0 fully saturated rings. The summed E-state index contributed by atoms with van der Waals surface area (Å²) in [6, 6.07) is 0. The Bertz CT molecular complexity index is 615. The van der Waals surface area contributed by atoms with E-state index in [2.05, 4.69) is 20.0 Å². The lowest BCUT2D eigenvalue weighted by molar-refractivity contribution is -0.383. The largest absolute Gasteiger partial charge is 0.378 e. The molecule has 0 radical (unpaired) electrons. The summed E-state index contributed by atoms with van der Waals surface area (Å²) in [5.74, 6) is -0.327. The van der Waals surface area contributed by atoms with Crippen LogP contribution in [0, 0.1) is 10.1 Å². The highest BCUT2D eigenvalue weighted by Gasteiger charge is 2.25. The van der Waals surface area contributed by atoms with Crippen LogP contribution in [0.15, 0.2) is 6.33 Å². The average molecular weight is 304 g/mol. The first-order chi connectivity index (χ1) is 9.02. The Hall–Kier alpha value is -2.01. The number of hydrogen-bond acceptors (Lipinski definition) is 8. The Morgan fingerprint density at radius 3 is 2.55 bits per heavy atom. The zero-order valence-electron chi connectivity index (χ0n) is 11.2. The molecule has 0 aliphatic rings. The third-order valence-corrected chi connectivity index (χ3v) is 3.12. The molecule has 0 aliphatic carbocycles. The molecule has 1 heterocycles. The van der Waals surface area contributed by atoms with Crippen molar-refractivity contribution in [2.75, 3.05) is 23.9 Å². The number of nitrogens with two attached hydrogens (primary N) is 1. The van der Waals surface area contributed by atoms with Crippen molar-refractivity contribution in [1.29, 1.82) is 0 Å². The Morgan fingerprint density at radius 2 is 2.05 bits per heavy atom. The number of hydrogen-bond donors (Lipinski definition) is 3. The Labute approximate surface area is 116 Å². The van der Waals surface area contributed by atoms with E-state index in [0.29, 0.717) is 0 Å². The molecule has 11 heteroatoms. The summed E-state index contributed by atoms with van der Waals surface area (Å²) < 4.78 is 24.8. The van der Waals surface area contributed by atoms with E-state index in [1.165, 1.54) is 0 Å². The molecule has 10 nitrogen and oxygen atoms in total. The first-order valence-electron chi connectivity index (χ1n) is 5.49. The lowest BCUT2D eigenvalue weighted by atomic mass is 10.1. The molecule has 0 aliphatic heterocycles. The number of nitrogens with zero attached hydrogens (tertiary/aromatic N) is 3. The van der Waals surface area contributed by atoms with Gasteiger partial charge in [-0.25, -0.2) is 23.1 Å². The maximum Gasteiger partial charge on any atom is 0.352 e. The van der Waals surface area contributed by atoms with E-state index in [-0.39, 0.29) is 18.2 Å². The number of anilines is 2. The van der Waals surface area contributed by atoms with Gasteiger partial charge < -0.3 is 11.1 Å². The van der Waals surface area contributed by atoms with Crippen LogP contribution in [0.2, 0.25) is 0 Å². The predicted octanol–water partition coefficient (Wildman–Crippen LogP) is -0.293. The number of aromatic nitrogens is 2. The van der Waals surface area contributed by atoms with E-state index in [9.17, 15) is 18.5 Å². The minimum atomic E-state index is -3.40. The van der Waals surface area contributed by atoms with Crippen LogP contribution in [0.3, 0.4) is 0 Å². The van der Waals surface area contributed by atoms with Gasteiger partial charge in [0, 0.05) is 12.1 Å². The average Bonchev–Trinajstić information content (AvgIpc) is 2.22. The fourth-order valence-electron chi connectivity index (χ4n) is 1.54. The molecule has 0 bridgehead atoms. The number of nitrogens with one attached hydrogen (secondary N) is 2. The maximum atomic E-state index is 11.2. The number of nitro groups is 1. The van der Waals surface area contributed by atoms with Gasteiger partial charge in [-0.15, -0.1) is 0 Å². The molecule has 0 saturated heterocycles. The summed E-state index contributed by atoms with van der Waals surface area (Å²) >= 11 is 0. The molecule has 0 atom stereocenters. The highest BCUT2D eigenvalue weighted by molar-refractivity contribution is 7.88. The monoisotopic (exact) mass is 304 g/mol. The van der Waals surface area contributed by atoms with E-state index in [1.807, 2.05) is 0 Å². The third-order valence-electron chi connectivity index (χ3n) is 2.19. The Balaban J connectivity index is 2.91. The van der Waals surface area contributed by atoms with Crippen molar-refractivity contribution in [2.45, 2.75) is 19.4 Å². The van der Waals surface area contributed by atoms with Crippen molar-refractivity contribution < 1.29 is 13.3 Å². The van der Waals surface area contributed by atoms with Crippen molar-refractivity contribution in [1.82, 2.24) is 14.7 Å². The summed E-state index contributed by atoms with van der Waals surface area (Å²) in [4.78, 5) is 17.5. The quantitative estimate of drug-likeness (QED) is 0.478. The summed E-state index contributed by atoms with van der Waals surface area (Å²) in [5, 5.41) is 13.6. The first kappa shape index (κ1) is 16.0. The van der Waals surface area contributed by atoms with Crippen LogP contribution < -0.4 is 15.8 Å². The second kappa shape index (κ2) is 5.54. The molecular formula is C9H16N6O4S. The molecule has 1 aromatic rings. The zero-order valence-corrected chi connectivity index (χ0v) is 12.1. The van der Waals surface area contributed by atoms with Crippen molar-refractivity contribution >= 4 is 27.3 Å². The van der Waals surface area contributed by atoms with Gasteiger partial charge in [0.25, 0.3) is 0 Å². The Morgan fingerprint density at radius 1 is 1.45 bits per heavy atom. The van der Waals surface area contributed by atoms with E-state index in [1.54, 1.807) is 13.8 Å². The molecule has 1 rings (SSSR count). The lowest BCUT2D eigenvalue weighted by Crippen LogP contribution is -2.47. The second-order valence-corrected chi connectivity index (χ2v) is 6.57. The van der Waals surface area contributed by atoms with Gasteiger partial charge in [-0.1, -0.05) is 0 Å². The predicted molar refractivity (Wildman–Crippen MR) is 73.6 cm³/mol.